The molecule has 0 unspecified atom stereocenters. The fourth-order valence-electron chi connectivity index (χ4n) is 4.68. The van der Waals surface area contributed by atoms with Gasteiger partial charge in [-0.1, -0.05) is 5.57 Å². The Balaban J connectivity index is 0.00000140. The smallest absolute Gasteiger partial charge is 0.0825 e. The van der Waals surface area contributed by atoms with E-state index in [1.54, 1.807) is 5.57 Å². The Hall–Kier alpha value is -0.360. The zero-order valence-corrected chi connectivity index (χ0v) is 19.7. The molecule has 0 aromatic carbocycles. The van der Waals surface area contributed by atoms with Crippen molar-refractivity contribution >= 4 is 28.2 Å². The van der Waals surface area contributed by atoms with Crippen molar-refractivity contribution in [3.8, 4) is 0 Å². The summed E-state index contributed by atoms with van der Waals surface area (Å²) in [4.78, 5) is 3.70. The van der Waals surface area contributed by atoms with Gasteiger partial charge < -0.3 is 34.6 Å². The molecule has 2 aliphatic heterocycles. The molecule has 2 fully saturated rings. The Kier molecular flexibility index (Phi) is 10.6. The van der Waals surface area contributed by atoms with Crippen LogP contribution in [0, 0.1) is 0 Å². The average Bonchev–Trinajstić information content (AvgIpc) is 3.39. The Morgan fingerprint density at radius 2 is 1.29 bits per heavy atom. The van der Waals surface area contributed by atoms with Crippen LogP contribution in [0.2, 0.25) is 0 Å². The van der Waals surface area contributed by atoms with Crippen molar-refractivity contribution in [2.24, 2.45) is 0 Å². The summed E-state index contributed by atoms with van der Waals surface area (Å²) in [6.07, 6.45) is 8.32. The van der Waals surface area contributed by atoms with E-state index in [2.05, 4.69) is 33.7 Å². The molecule has 6 heteroatoms. The Bertz CT molecular complexity index is 646. The van der Waals surface area contributed by atoms with Crippen molar-refractivity contribution in [1.82, 2.24) is 0 Å². The highest BCUT2D eigenvalue weighted by atomic mass is 35.5. The molecule has 0 radical (unpaired) electrons. The van der Waals surface area contributed by atoms with E-state index >= 15 is 0 Å². The lowest BCUT2D eigenvalue weighted by molar-refractivity contribution is -0.923. The zero-order chi connectivity index (χ0) is 17.6. The minimum Gasteiger partial charge on any atom is -1.00 e. The molecule has 2 N–H and O–H groups in total. The van der Waals surface area contributed by atoms with Crippen molar-refractivity contribution in [1.29, 1.82) is 0 Å². The molecule has 0 atom stereocenters. The normalized spacial score (nSPS) is 20.3. The fourth-order valence-corrected chi connectivity index (χ4v) is 5.98. The second-order valence-corrected chi connectivity index (χ2v) is 9.48. The van der Waals surface area contributed by atoms with E-state index in [0.29, 0.717) is 0 Å². The molecule has 2 aromatic rings. The molecule has 0 spiro atoms. The first-order chi connectivity index (χ1) is 12.9. The van der Waals surface area contributed by atoms with Crippen LogP contribution >= 0.6 is 22.7 Å². The number of halogens is 2. The Morgan fingerprint density at radius 1 is 0.750 bits per heavy atom. The van der Waals surface area contributed by atoms with Gasteiger partial charge in [0.1, 0.15) is 0 Å². The number of rotatable bonds is 6. The number of thiophene rings is 2. The monoisotopic (exact) mass is 458 g/mol. The van der Waals surface area contributed by atoms with Crippen molar-refractivity contribution in [2.45, 2.75) is 38.5 Å². The van der Waals surface area contributed by atoms with E-state index in [4.69, 9.17) is 0 Å². The van der Waals surface area contributed by atoms with Crippen LogP contribution in [0.4, 0.5) is 0 Å². The molecule has 2 aliphatic rings. The van der Waals surface area contributed by atoms with Crippen LogP contribution in [0.15, 0.2) is 39.2 Å². The van der Waals surface area contributed by atoms with Gasteiger partial charge >= 0.3 is 0 Å². The summed E-state index contributed by atoms with van der Waals surface area (Å²) in [5.74, 6) is 0. The predicted octanol–water partition coefficient (Wildman–Crippen LogP) is -3.24. The maximum atomic E-state index is 2.32. The summed E-state index contributed by atoms with van der Waals surface area (Å²) in [7, 11) is 0. The first-order valence-corrected chi connectivity index (χ1v) is 12.2. The van der Waals surface area contributed by atoms with Crippen LogP contribution in [-0.4, -0.2) is 39.3 Å². The van der Waals surface area contributed by atoms with Crippen molar-refractivity contribution in [3.63, 3.8) is 0 Å². The molecule has 0 aliphatic carbocycles. The number of hydrogen-bond donors (Lipinski definition) is 2. The standard InChI is InChI=1S/C22H30N2S2.2ClH/c1-2-9-23(10-3-1)11-4-12-24-13-5-19(6-14-24)22(20-7-15-25-17-20)21-8-16-26-18-21;;/h7-8,15-18H,1-6,9-14H2;2*1H. The molecule has 2 aromatic heterocycles. The van der Waals surface area contributed by atoms with E-state index in [0.717, 1.165) is 0 Å². The topological polar surface area (TPSA) is 8.88 Å². The van der Waals surface area contributed by atoms with Crippen molar-refractivity contribution in [3.05, 3.63) is 50.4 Å². The predicted molar refractivity (Wildman–Crippen MR) is 113 cm³/mol. The highest BCUT2D eigenvalue weighted by molar-refractivity contribution is 7.08. The van der Waals surface area contributed by atoms with Gasteiger partial charge in [0.25, 0.3) is 0 Å². The molecule has 0 bridgehead atoms. The number of piperidine rings is 2. The van der Waals surface area contributed by atoms with Crippen LogP contribution in [0.25, 0.3) is 5.57 Å². The number of quaternary nitrogens is 2. The largest absolute Gasteiger partial charge is 1.00 e. The summed E-state index contributed by atoms with van der Waals surface area (Å²) in [5.41, 5.74) is 6.08. The summed E-state index contributed by atoms with van der Waals surface area (Å²) < 4.78 is 0. The van der Waals surface area contributed by atoms with Crippen LogP contribution in [0.3, 0.4) is 0 Å². The molecule has 0 amide bonds. The number of nitrogens with one attached hydrogen (secondary N) is 2. The number of hydrogen-bond acceptors (Lipinski definition) is 2. The third kappa shape index (κ3) is 6.32. The Morgan fingerprint density at radius 3 is 1.79 bits per heavy atom. The lowest BCUT2D eigenvalue weighted by Crippen LogP contribution is -3.15. The van der Waals surface area contributed by atoms with E-state index < -0.39 is 0 Å². The highest BCUT2D eigenvalue weighted by Gasteiger charge is 2.22. The molecule has 2 nitrogen and oxygen atoms in total. The van der Waals surface area contributed by atoms with Gasteiger partial charge in [0, 0.05) is 19.3 Å². The third-order valence-corrected chi connectivity index (χ3v) is 7.52. The number of likely N-dealkylation sites (tertiary alicyclic amines) is 2. The van der Waals surface area contributed by atoms with Gasteiger partial charge in [0.05, 0.1) is 39.3 Å². The zero-order valence-electron chi connectivity index (χ0n) is 16.5. The van der Waals surface area contributed by atoms with Crippen LogP contribution in [0.1, 0.15) is 49.7 Å². The van der Waals surface area contributed by atoms with Gasteiger partial charge in [0.15, 0.2) is 0 Å². The lowest BCUT2D eigenvalue weighted by atomic mass is 9.91. The maximum Gasteiger partial charge on any atom is 0.0825 e. The molecule has 156 valence electrons. The second kappa shape index (κ2) is 12.4. The van der Waals surface area contributed by atoms with Gasteiger partial charge in [-0.2, -0.15) is 22.7 Å². The van der Waals surface area contributed by atoms with E-state index in [9.17, 15) is 0 Å². The van der Waals surface area contributed by atoms with Gasteiger partial charge in [-0.05, 0) is 69.6 Å². The minimum atomic E-state index is 0. The molecular formula is C22H32Cl2N2S2. The van der Waals surface area contributed by atoms with Crippen LogP contribution in [0.5, 0.6) is 0 Å². The summed E-state index contributed by atoms with van der Waals surface area (Å²) in [5, 5.41) is 9.07. The lowest BCUT2D eigenvalue weighted by Gasteiger charge is -2.28. The molecule has 0 saturated carbocycles. The molecular weight excluding hydrogens is 427 g/mol. The maximum absolute atomic E-state index is 2.32. The van der Waals surface area contributed by atoms with Gasteiger partial charge in [0.2, 0.25) is 0 Å². The SMILES string of the molecule is [Cl-].[Cl-].c1cc(C(=C2CC[NH+](CCC[NH+]3CCCCC3)CC2)c2ccsc2)cs1. The van der Waals surface area contributed by atoms with Crippen molar-refractivity contribution < 1.29 is 34.6 Å². The van der Waals surface area contributed by atoms with Crippen LogP contribution in [-0.2, 0) is 0 Å². The minimum absolute atomic E-state index is 0. The molecule has 4 heterocycles. The summed E-state index contributed by atoms with van der Waals surface area (Å²) in [6.45, 7) is 8.27. The van der Waals surface area contributed by atoms with E-state index in [1.807, 2.05) is 32.5 Å². The highest BCUT2D eigenvalue weighted by Crippen LogP contribution is 2.32. The van der Waals surface area contributed by atoms with Gasteiger partial charge in [-0.3, -0.25) is 0 Å². The first-order valence-electron chi connectivity index (χ1n) is 10.3. The average molecular weight is 460 g/mol. The van der Waals surface area contributed by atoms with Crippen molar-refractivity contribution in [2.75, 3.05) is 39.3 Å². The molecule has 2 saturated heterocycles. The molecule has 28 heavy (non-hydrogen) atoms. The van der Waals surface area contributed by atoms with Gasteiger partial charge in [-0.15, -0.1) is 0 Å². The Labute approximate surface area is 190 Å². The van der Waals surface area contributed by atoms with Crippen LogP contribution < -0.4 is 34.6 Å². The second-order valence-electron chi connectivity index (χ2n) is 7.92. The summed E-state index contributed by atoms with van der Waals surface area (Å²) >= 11 is 3.63. The fraction of sp³-hybridized carbons (Fsp3) is 0.545. The molecule has 4 rings (SSSR count). The van der Waals surface area contributed by atoms with Gasteiger partial charge in [-0.25, -0.2) is 0 Å². The van der Waals surface area contributed by atoms with E-state index in [-0.39, 0.29) is 24.8 Å². The first kappa shape index (κ1) is 23.9. The summed E-state index contributed by atoms with van der Waals surface area (Å²) in [6, 6.07) is 4.59. The quantitative estimate of drug-likeness (QED) is 0.450. The third-order valence-electron chi connectivity index (χ3n) is 6.16. The van der Waals surface area contributed by atoms with E-state index in [1.165, 1.54) is 94.5 Å².